The number of hydrogen-bond acceptors (Lipinski definition) is 2. The summed E-state index contributed by atoms with van der Waals surface area (Å²) in [5.41, 5.74) is 7.03. The van der Waals surface area contributed by atoms with Crippen molar-refractivity contribution in [3.63, 3.8) is 0 Å². The summed E-state index contributed by atoms with van der Waals surface area (Å²) in [7, 11) is 0. The molecule has 1 atom stereocenters. The van der Waals surface area contributed by atoms with Crippen molar-refractivity contribution in [2.45, 2.75) is 59.8 Å². The molecule has 0 radical (unpaired) electrons. The lowest BCUT2D eigenvalue weighted by Crippen LogP contribution is -2.43. The summed E-state index contributed by atoms with van der Waals surface area (Å²) in [5, 5.41) is 0. The number of anilines is 1. The van der Waals surface area contributed by atoms with Gasteiger partial charge in [-0.1, -0.05) is 49.7 Å². The van der Waals surface area contributed by atoms with Gasteiger partial charge < -0.3 is 0 Å². The Balaban J connectivity index is 1.91. The van der Waals surface area contributed by atoms with Gasteiger partial charge in [0.25, 0.3) is 0 Å². The van der Waals surface area contributed by atoms with E-state index in [9.17, 15) is 9.59 Å². The number of nitrogens with zero attached hydrogens (tertiary/aromatic N) is 1. The first-order chi connectivity index (χ1) is 13.7. The molecule has 0 saturated heterocycles. The molecule has 1 aliphatic heterocycles. The van der Waals surface area contributed by atoms with E-state index in [4.69, 9.17) is 0 Å². The van der Waals surface area contributed by atoms with Crippen LogP contribution in [-0.4, -0.2) is 11.7 Å². The van der Waals surface area contributed by atoms with Crippen molar-refractivity contribution in [3.05, 3.63) is 76.0 Å². The largest absolute Gasteiger partial charge is 0.294 e. The van der Waals surface area contributed by atoms with Gasteiger partial charge in [-0.3, -0.25) is 14.5 Å². The van der Waals surface area contributed by atoms with E-state index in [1.165, 1.54) is 5.56 Å². The molecule has 3 nitrogen and oxygen atoms in total. The van der Waals surface area contributed by atoms with Crippen LogP contribution in [0.3, 0.4) is 0 Å². The predicted octanol–water partition coefficient (Wildman–Crippen LogP) is 5.78. The van der Waals surface area contributed by atoms with E-state index in [1.807, 2.05) is 23.1 Å². The van der Waals surface area contributed by atoms with E-state index in [1.54, 1.807) is 0 Å². The van der Waals surface area contributed by atoms with Crippen LogP contribution in [0.15, 0.2) is 53.7 Å². The van der Waals surface area contributed by atoms with E-state index < -0.39 is 0 Å². The van der Waals surface area contributed by atoms with Gasteiger partial charge in [0.05, 0.1) is 0 Å². The van der Waals surface area contributed by atoms with Gasteiger partial charge in [0, 0.05) is 35.7 Å². The molecule has 2 aromatic carbocycles. The fourth-order valence-corrected chi connectivity index (χ4v) is 4.75. The Kier molecular flexibility index (Phi) is 4.72. The number of ketones is 1. The first kappa shape index (κ1) is 19.6. The predicted molar refractivity (Wildman–Crippen MR) is 117 cm³/mol. The zero-order valence-electron chi connectivity index (χ0n) is 18.0. The molecule has 150 valence electrons. The number of Topliss-reactive ketones (excluding diaryl/α,β-unsaturated/α-hetero) is 1. The molecule has 0 N–H and O–H groups in total. The molecule has 0 aromatic heterocycles. The van der Waals surface area contributed by atoms with Gasteiger partial charge >= 0.3 is 0 Å². The lowest BCUT2D eigenvalue weighted by molar-refractivity contribution is -0.121. The minimum atomic E-state index is -0.150. The molecule has 2 aliphatic rings. The highest BCUT2D eigenvalue weighted by Crippen LogP contribution is 2.48. The van der Waals surface area contributed by atoms with E-state index in [-0.39, 0.29) is 23.0 Å². The van der Waals surface area contributed by atoms with Crippen LogP contribution in [0.5, 0.6) is 0 Å². The Morgan fingerprint density at radius 1 is 0.931 bits per heavy atom. The van der Waals surface area contributed by atoms with Gasteiger partial charge in [-0.2, -0.15) is 0 Å². The highest BCUT2D eigenvalue weighted by molar-refractivity contribution is 6.07. The van der Waals surface area contributed by atoms with E-state index in [0.717, 1.165) is 40.1 Å². The van der Waals surface area contributed by atoms with Crippen LogP contribution < -0.4 is 4.90 Å². The number of rotatable bonds is 2. The molecule has 4 rings (SSSR count). The second kappa shape index (κ2) is 6.98. The molecule has 0 spiro atoms. The lowest BCUT2D eigenvalue weighted by Gasteiger charge is -2.43. The fraction of sp³-hybridized carbons (Fsp3) is 0.385. The van der Waals surface area contributed by atoms with Gasteiger partial charge in [-0.05, 0) is 61.4 Å². The van der Waals surface area contributed by atoms with Crippen molar-refractivity contribution < 1.29 is 9.59 Å². The average Bonchev–Trinajstić information content (AvgIpc) is 2.62. The maximum atomic E-state index is 13.4. The molecular weight excluding hydrogens is 358 g/mol. The molecule has 2 aromatic rings. The highest BCUT2D eigenvalue weighted by atomic mass is 16.2. The van der Waals surface area contributed by atoms with Crippen LogP contribution in [0.4, 0.5) is 5.69 Å². The summed E-state index contributed by atoms with van der Waals surface area (Å²) < 4.78 is 0. The summed E-state index contributed by atoms with van der Waals surface area (Å²) in [6.45, 7) is 10.4. The molecule has 0 fully saturated rings. The summed E-state index contributed by atoms with van der Waals surface area (Å²) in [6.07, 6.45) is 1.60. The van der Waals surface area contributed by atoms with Crippen LogP contribution in [-0.2, 0) is 9.59 Å². The standard InChI is InChI=1S/C26H29NO2/c1-16-7-6-8-19(11-16)21-13-24(29)27(20-10-9-17(2)18(3)12-20)22-14-26(4,5)15-23(28)25(21)22/h6-12,21H,13-15H2,1-5H3. The number of allylic oxidation sites excluding steroid dienone is 2. The number of carbonyl (C=O) groups is 2. The fourth-order valence-electron chi connectivity index (χ4n) is 4.75. The Hall–Kier alpha value is -2.68. The number of benzene rings is 2. The summed E-state index contributed by atoms with van der Waals surface area (Å²) in [6, 6.07) is 14.4. The molecule has 3 heteroatoms. The average molecular weight is 388 g/mol. The zero-order valence-corrected chi connectivity index (χ0v) is 18.0. The lowest BCUT2D eigenvalue weighted by atomic mass is 9.69. The summed E-state index contributed by atoms with van der Waals surface area (Å²) in [5.74, 6) is 0.108. The van der Waals surface area contributed by atoms with Crippen molar-refractivity contribution in [1.82, 2.24) is 0 Å². The maximum absolute atomic E-state index is 13.4. The highest BCUT2D eigenvalue weighted by Gasteiger charge is 2.44. The van der Waals surface area contributed by atoms with Crippen LogP contribution in [0.1, 0.15) is 61.3 Å². The topological polar surface area (TPSA) is 37.4 Å². The van der Waals surface area contributed by atoms with Crippen molar-refractivity contribution in [2.24, 2.45) is 5.41 Å². The Morgan fingerprint density at radius 2 is 1.69 bits per heavy atom. The summed E-state index contributed by atoms with van der Waals surface area (Å²) in [4.78, 5) is 28.6. The third kappa shape index (κ3) is 3.55. The Morgan fingerprint density at radius 3 is 2.38 bits per heavy atom. The van der Waals surface area contributed by atoms with E-state index >= 15 is 0 Å². The van der Waals surface area contributed by atoms with Crippen LogP contribution in [0.2, 0.25) is 0 Å². The first-order valence-electron chi connectivity index (χ1n) is 10.4. The van der Waals surface area contributed by atoms with E-state index in [2.05, 4.69) is 58.9 Å². The van der Waals surface area contributed by atoms with Crippen molar-refractivity contribution in [1.29, 1.82) is 0 Å². The number of hydrogen-bond donors (Lipinski definition) is 0. The molecular formula is C26H29NO2. The number of aryl methyl sites for hydroxylation is 3. The quantitative estimate of drug-likeness (QED) is 0.655. The smallest absolute Gasteiger partial charge is 0.232 e. The molecule has 0 bridgehead atoms. The van der Waals surface area contributed by atoms with Gasteiger partial charge in [-0.15, -0.1) is 0 Å². The molecule has 1 unspecified atom stereocenters. The van der Waals surface area contributed by atoms with Crippen molar-refractivity contribution in [2.75, 3.05) is 4.90 Å². The third-order valence-corrected chi connectivity index (χ3v) is 6.34. The van der Waals surface area contributed by atoms with Gasteiger partial charge in [-0.25, -0.2) is 0 Å². The maximum Gasteiger partial charge on any atom is 0.232 e. The Bertz CT molecular complexity index is 1040. The zero-order chi connectivity index (χ0) is 20.9. The Labute approximate surface area is 173 Å². The van der Waals surface area contributed by atoms with Crippen molar-refractivity contribution >= 4 is 17.4 Å². The van der Waals surface area contributed by atoms with Crippen molar-refractivity contribution in [3.8, 4) is 0 Å². The van der Waals surface area contributed by atoms with Crippen LogP contribution in [0.25, 0.3) is 0 Å². The SMILES string of the molecule is Cc1cccc(C2CC(=O)N(c3ccc(C)c(C)c3)C3=C2C(=O)CC(C)(C)C3)c1. The molecule has 29 heavy (non-hydrogen) atoms. The minimum absolute atomic E-state index is 0.0732. The minimum Gasteiger partial charge on any atom is -0.294 e. The molecule has 1 aliphatic carbocycles. The number of amides is 1. The van der Waals surface area contributed by atoms with E-state index in [0.29, 0.717) is 12.8 Å². The van der Waals surface area contributed by atoms with Gasteiger partial charge in [0.2, 0.25) is 5.91 Å². The first-order valence-corrected chi connectivity index (χ1v) is 10.4. The molecule has 1 heterocycles. The molecule has 1 amide bonds. The monoisotopic (exact) mass is 387 g/mol. The second-order valence-corrected chi connectivity index (χ2v) is 9.47. The summed E-state index contributed by atoms with van der Waals surface area (Å²) >= 11 is 0. The third-order valence-electron chi connectivity index (χ3n) is 6.34. The molecule has 0 saturated carbocycles. The number of carbonyl (C=O) groups excluding carboxylic acids is 2. The van der Waals surface area contributed by atoms with Gasteiger partial charge in [0.1, 0.15) is 0 Å². The normalized spacial score (nSPS) is 21.4. The van der Waals surface area contributed by atoms with Gasteiger partial charge in [0.15, 0.2) is 5.78 Å². The van der Waals surface area contributed by atoms with Crippen LogP contribution in [0, 0.1) is 26.2 Å². The second-order valence-electron chi connectivity index (χ2n) is 9.47. The van der Waals surface area contributed by atoms with Crippen LogP contribution >= 0.6 is 0 Å².